The second kappa shape index (κ2) is 5.34. The van der Waals surface area contributed by atoms with E-state index in [-0.39, 0.29) is 11.3 Å². The monoisotopic (exact) mass is 292 g/mol. The zero-order valence-corrected chi connectivity index (χ0v) is 13.1. The van der Waals surface area contributed by atoms with E-state index in [1.54, 1.807) is 0 Å². The average molecular weight is 292 g/mol. The Balaban J connectivity index is 1.90. The number of aromatic nitrogens is 1. The number of amides is 1. The maximum atomic E-state index is 12.3. The van der Waals surface area contributed by atoms with Gasteiger partial charge in [-0.05, 0) is 41.3 Å². The Kier molecular flexibility index (Phi) is 3.49. The second-order valence-electron chi connectivity index (χ2n) is 6.56. The summed E-state index contributed by atoms with van der Waals surface area (Å²) in [5, 5.41) is 3.95. The number of benzene rings is 2. The lowest BCUT2D eigenvalue weighted by Crippen LogP contribution is -2.11. The molecule has 2 aromatic carbocycles. The largest absolute Gasteiger partial charge is 0.351 e. The molecule has 0 bridgehead atoms. The van der Waals surface area contributed by atoms with E-state index in [2.05, 4.69) is 43.2 Å². The van der Waals surface area contributed by atoms with Crippen LogP contribution >= 0.6 is 0 Å². The lowest BCUT2D eigenvalue weighted by atomic mass is 9.86. The van der Waals surface area contributed by atoms with Crippen molar-refractivity contribution in [1.29, 1.82) is 0 Å². The molecule has 0 aliphatic rings. The summed E-state index contributed by atoms with van der Waals surface area (Å²) in [5.41, 5.74) is 3.70. The van der Waals surface area contributed by atoms with Crippen LogP contribution in [0.15, 0.2) is 54.6 Å². The molecule has 3 nitrogen and oxygen atoms in total. The van der Waals surface area contributed by atoms with Crippen LogP contribution in [-0.4, -0.2) is 10.9 Å². The number of rotatable bonds is 2. The zero-order valence-electron chi connectivity index (χ0n) is 13.1. The molecule has 2 N–H and O–H groups in total. The second-order valence-corrected chi connectivity index (χ2v) is 6.56. The van der Waals surface area contributed by atoms with E-state index in [1.807, 2.05) is 42.5 Å². The summed E-state index contributed by atoms with van der Waals surface area (Å²) in [7, 11) is 0. The van der Waals surface area contributed by atoms with Gasteiger partial charge in [0.15, 0.2) is 0 Å². The molecular weight excluding hydrogens is 272 g/mol. The van der Waals surface area contributed by atoms with Crippen LogP contribution < -0.4 is 5.32 Å². The van der Waals surface area contributed by atoms with Gasteiger partial charge in [0.1, 0.15) is 5.69 Å². The third-order valence-corrected chi connectivity index (χ3v) is 3.76. The molecule has 1 heterocycles. The van der Waals surface area contributed by atoms with Crippen LogP contribution in [0.5, 0.6) is 0 Å². The van der Waals surface area contributed by atoms with Gasteiger partial charge in [-0.1, -0.05) is 45.0 Å². The summed E-state index contributed by atoms with van der Waals surface area (Å²) in [6.07, 6.45) is 0. The Hall–Kier alpha value is -2.55. The fraction of sp³-hybridized carbons (Fsp3) is 0.211. The van der Waals surface area contributed by atoms with E-state index in [0.29, 0.717) is 5.69 Å². The van der Waals surface area contributed by atoms with Crippen LogP contribution in [-0.2, 0) is 5.41 Å². The lowest BCUT2D eigenvalue weighted by molar-refractivity contribution is 0.102. The first-order chi connectivity index (χ1) is 10.4. The van der Waals surface area contributed by atoms with Crippen molar-refractivity contribution in [3.8, 4) is 0 Å². The quantitative estimate of drug-likeness (QED) is 0.705. The molecule has 3 heteroatoms. The highest BCUT2D eigenvalue weighted by molar-refractivity contribution is 6.05. The fourth-order valence-electron chi connectivity index (χ4n) is 2.44. The molecule has 0 unspecified atom stereocenters. The molecule has 0 saturated carbocycles. The number of aromatic amines is 1. The standard InChI is InChI=1S/C19H20N2O/c1-19(2,3)14-9-10-16-13(11-14)12-17(21-16)18(22)20-15-7-5-4-6-8-15/h4-12,21H,1-3H3,(H,20,22). The smallest absolute Gasteiger partial charge is 0.272 e. The SMILES string of the molecule is CC(C)(C)c1ccc2[nH]c(C(=O)Nc3ccccc3)cc2c1. The van der Waals surface area contributed by atoms with E-state index in [0.717, 1.165) is 16.6 Å². The van der Waals surface area contributed by atoms with Crippen LogP contribution in [0.4, 0.5) is 5.69 Å². The van der Waals surface area contributed by atoms with Gasteiger partial charge in [0.05, 0.1) is 0 Å². The minimum Gasteiger partial charge on any atom is -0.351 e. The first-order valence-corrected chi connectivity index (χ1v) is 7.43. The minimum atomic E-state index is -0.125. The van der Waals surface area contributed by atoms with Gasteiger partial charge in [-0.3, -0.25) is 4.79 Å². The van der Waals surface area contributed by atoms with Crippen LogP contribution in [0.2, 0.25) is 0 Å². The van der Waals surface area contributed by atoms with E-state index in [4.69, 9.17) is 0 Å². The number of carbonyl (C=O) groups is 1. The van der Waals surface area contributed by atoms with Crippen molar-refractivity contribution in [3.05, 3.63) is 65.9 Å². The molecule has 1 amide bonds. The summed E-state index contributed by atoms with van der Waals surface area (Å²) in [6, 6.07) is 17.7. The Labute approximate surface area is 130 Å². The highest BCUT2D eigenvalue weighted by atomic mass is 16.1. The number of hydrogen-bond acceptors (Lipinski definition) is 1. The molecule has 3 aromatic rings. The van der Waals surface area contributed by atoms with Gasteiger partial charge in [0.2, 0.25) is 0 Å². The highest BCUT2D eigenvalue weighted by Crippen LogP contribution is 2.26. The lowest BCUT2D eigenvalue weighted by Gasteiger charge is -2.18. The van der Waals surface area contributed by atoms with Gasteiger partial charge in [-0.15, -0.1) is 0 Å². The third-order valence-electron chi connectivity index (χ3n) is 3.76. The van der Waals surface area contributed by atoms with Crippen LogP contribution in [0.1, 0.15) is 36.8 Å². The maximum Gasteiger partial charge on any atom is 0.272 e. The van der Waals surface area contributed by atoms with Crippen molar-refractivity contribution in [3.63, 3.8) is 0 Å². The van der Waals surface area contributed by atoms with Crippen molar-refractivity contribution in [2.24, 2.45) is 0 Å². The molecule has 0 radical (unpaired) electrons. The zero-order chi connectivity index (χ0) is 15.7. The molecule has 0 aliphatic carbocycles. The first kappa shape index (κ1) is 14.4. The normalized spacial score (nSPS) is 11.6. The van der Waals surface area contributed by atoms with Gasteiger partial charge in [0.25, 0.3) is 5.91 Å². The Morgan fingerprint density at radius 1 is 1.00 bits per heavy atom. The number of fused-ring (bicyclic) bond motifs is 1. The van der Waals surface area contributed by atoms with Crippen LogP contribution in [0.3, 0.4) is 0 Å². The Morgan fingerprint density at radius 2 is 1.73 bits per heavy atom. The molecule has 22 heavy (non-hydrogen) atoms. The van der Waals surface area contributed by atoms with Crippen molar-refractivity contribution < 1.29 is 4.79 Å². The Morgan fingerprint density at radius 3 is 2.41 bits per heavy atom. The molecular formula is C19H20N2O. The predicted molar refractivity (Wildman–Crippen MR) is 91.4 cm³/mol. The maximum absolute atomic E-state index is 12.3. The fourth-order valence-corrected chi connectivity index (χ4v) is 2.44. The van der Waals surface area contributed by atoms with E-state index >= 15 is 0 Å². The average Bonchev–Trinajstić information content (AvgIpc) is 2.90. The minimum absolute atomic E-state index is 0.0952. The van der Waals surface area contributed by atoms with Gasteiger partial charge >= 0.3 is 0 Å². The van der Waals surface area contributed by atoms with E-state index in [9.17, 15) is 4.79 Å². The van der Waals surface area contributed by atoms with Crippen molar-refractivity contribution in [2.45, 2.75) is 26.2 Å². The molecule has 3 rings (SSSR count). The molecule has 0 aliphatic heterocycles. The van der Waals surface area contributed by atoms with Crippen molar-refractivity contribution in [2.75, 3.05) is 5.32 Å². The first-order valence-electron chi connectivity index (χ1n) is 7.43. The summed E-state index contributed by atoms with van der Waals surface area (Å²) >= 11 is 0. The molecule has 1 aromatic heterocycles. The molecule has 0 atom stereocenters. The van der Waals surface area contributed by atoms with Gasteiger partial charge < -0.3 is 10.3 Å². The topological polar surface area (TPSA) is 44.9 Å². The van der Waals surface area contributed by atoms with Gasteiger partial charge in [-0.25, -0.2) is 0 Å². The van der Waals surface area contributed by atoms with Crippen molar-refractivity contribution in [1.82, 2.24) is 4.98 Å². The number of H-pyrrole nitrogens is 1. The predicted octanol–water partition coefficient (Wildman–Crippen LogP) is 4.72. The van der Waals surface area contributed by atoms with Crippen molar-refractivity contribution >= 4 is 22.5 Å². The summed E-state index contributed by atoms with van der Waals surface area (Å²) in [4.78, 5) is 15.5. The molecule has 0 spiro atoms. The number of para-hydroxylation sites is 1. The van der Waals surface area contributed by atoms with E-state index < -0.39 is 0 Å². The van der Waals surface area contributed by atoms with Crippen LogP contribution in [0, 0.1) is 0 Å². The number of nitrogens with one attached hydrogen (secondary N) is 2. The summed E-state index contributed by atoms with van der Waals surface area (Å²) < 4.78 is 0. The molecule has 0 fully saturated rings. The van der Waals surface area contributed by atoms with E-state index in [1.165, 1.54) is 5.56 Å². The summed E-state index contributed by atoms with van der Waals surface area (Å²) in [6.45, 7) is 6.55. The van der Waals surface area contributed by atoms with Gasteiger partial charge in [0, 0.05) is 16.6 Å². The summed E-state index contributed by atoms with van der Waals surface area (Å²) in [5.74, 6) is -0.125. The third kappa shape index (κ3) is 2.89. The Bertz CT molecular complexity index is 810. The van der Waals surface area contributed by atoms with Crippen LogP contribution in [0.25, 0.3) is 10.9 Å². The highest BCUT2D eigenvalue weighted by Gasteiger charge is 2.15. The molecule has 112 valence electrons. The number of carbonyl (C=O) groups excluding carboxylic acids is 1. The molecule has 0 saturated heterocycles. The number of hydrogen-bond donors (Lipinski definition) is 2. The van der Waals surface area contributed by atoms with Gasteiger partial charge in [-0.2, -0.15) is 0 Å². The number of anilines is 1.